The van der Waals surface area contributed by atoms with Crippen molar-refractivity contribution in [3.8, 4) is 39.4 Å². The van der Waals surface area contributed by atoms with E-state index in [1.165, 1.54) is 6.07 Å². The van der Waals surface area contributed by atoms with E-state index < -0.39 is 11.6 Å². The van der Waals surface area contributed by atoms with E-state index in [2.05, 4.69) is 45.5 Å². The van der Waals surface area contributed by atoms with Gasteiger partial charge < -0.3 is 20.0 Å². The van der Waals surface area contributed by atoms with Gasteiger partial charge in [0.2, 0.25) is 0 Å². The number of hydrogen-bond donors (Lipinski definition) is 2. The van der Waals surface area contributed by atoms with E-state index in [1.807, 2.05) is 72.8 Å². The zero-order chi connectivity index (χ0) is 32.5. The molecule has 4 nitrogen and oxygen atoms in total. The number of hydrogen-bond acceptors (Lipinski definition) is 2. The van der Waals surface area contributed by atoms with E-state index in [4.69, 9.17) is 5.73 Å². The second kappa shape index (κ2) is 10.6. The molecule has 0 fully saturated rings. The number of anilines is 1. The van der Waals surface area contributed by atoms with Crippen LogP contribution in [-0.4, -0.2) is 14.2 Å². The summed E-state index contributed by atoms with van der Waals surface area (Å²) in [6, 6.07) is 45.3. The van der Waals surface area contributed by atoms with Gasteiger partial charge in [0.05, 0.1) is 22.1 Å². The van der Waals surface area contributed by atoms with Gasteiger partial charge in [-0.15, -0.1) is 0 Å². The lowest BCUT2D eigenvalue weighted by Gasteiger charge is -2.16. The van der Waals surface area contributed by atoms with Gasteiger partial charge in [-0.25, -0.2) is 8.78 Å². The first-order chi connectivity index (χ1) is 23.5. The second-order valence-corrected chi connectivity index (χ2v) is 12.0. The fraction of sp³-hybridized carbons (Fsp3) is 0. The van der Waals surface area contributed by atoms with Gasteiger partial charge in [-0.3, -0.25) is 0 Å². The molecule has 9 rings (SSSR count). The first kappa shape index (κ1) is 27.9. The molecule has 2 heterocycles. The maximum absolute atomic E-state index is 15.8. The molecule has 230 valence electrons. The summed E-state index contributed by atoms with van der Waals surface area (Å²) in [4.78, 5) is 0. The smallest absolute Gasteiger partial charge is 0.134 e. The fourth-order valence-electron chi connectivity index (χ4n) is 7.16. The number of nitrogens with two attached hydrogens (primary N) is 1. The first-order valence-electron chi connectivity index (χ1n) is 15.7. The number of phenols is 1. The Kier molecular flexibility index (Phi) is 6.14. The standard InChI is InChI=1S/C42H27F2N3O/c43-35-24-36(44)32(34-22-26(18-20-42(34)48)47-40-15-7-3-11-29(40)30-12-4-8-16-41(30)47)23-31(35)33-21-25(17-19-37(33)45)46-38-13-5-1-9-27(38)28-10-2-6-14-39(28)46/h1-24,48H,45H2. The number of halogens is 2. The summed E-state index contributed by atoms with van der Waals surface area (Å²) in [5.74, 6) is -1.66. The van der Waals surface area contributed by atoms with Crippen molar-refractivity contribution in [2.75, 3.05) is 5.73 Å². The quantitative estimate of drug-likeness (QED) is 0.191. The van der Waals surface area contributed by atoms with Gasteiger partial charge in [-0.2, -0.15) is 0 Å². The van der Waals surface area contributed by atoms with Crippen LogP contribution in [0.1, 0.15) is 0 Å². The summed E-state index contributed by atoms with van der Waals surface area (Å²) in [6.07, 6.45) is 0. The molecule has 0 aliphatic rings. The highest BCUT2D eigenvalue weighted by Gasteiger charge is 2.20. The highest BCUT2D eigenvalue weighted by molar-refractivity contribution is 6.10. The molecule has 0 saturated carbocycles. The van der Waals surface area contributed by atoms with E-state index in [0.29, 0.717) is 11.3 Å². The largest absolute Gasteiger partial charge is 0.507 e. The number of aromatic nitrogens is 2. The van der Waals surface area contributed by atoms with Crippen LogP contribution in [0.2, 0.25) is 0 Å². The number of para-hydroxylation sites is 4. The summed E-state index contributed by atoms with van der Waals surface area (Å²) in [6.45, 7) is 0. The normalized spacial score (nSPS) is 11.7. The molecule has 6 heteroatoms. The number of phenolic OH excluding ortho intramolecular Hbond substituents is 1. The zero-order valence-corrected chi connectivity index (χ0v) is 25.5. The Morgan fingerprint density at radius 3 is 1.29 bits per heavy atom. The average Bonchev–Trinajstić information content (AvgIpc) is 3.63. The maximum Gasteiger partial charge on any atom is 0.134 e. The van der Waals surface area contributed by atoms with Crippen LogP contribution in [0, 0.1) is 11.6 Å². The van der Waals surface area contributed by atoms with Crippen molar-refractivity contribution < 1.29 is 13.9 Å². The molecule has 9 aromatic rings. The van der Waals surface area contributed by atoms with E-state index in [0.717, 1.165) is 61.1 Å². The SMILES string of the molecule is Nc1ccc(-n2c3ccccc3c3ccccc32)cc1-c1cc(-c2cc(-n3c4ccccc4c4ccccc43)ccc2O)c(F)cc1F. The minimum Gasteiger partial charge on any atom is -0.507 e. The van der Waals surface area contributed by atoms with Gasteiger partial charge in [0.25, 0.3) is 0 Å². The Balaban J connectivity index is 1.23. The molecule has 0 aliphatic carbocycles. The van der Waals surface area contributed by atoms with Gasteiger partial charge in [0, 0.05) is 66.9 Å². The van der Waals surface area contributed by atoms with Crippen molar-refractivity contribution in [3.63, 3.8) is 0 Å². The van der Waals surface area contributed by atoms with E-state index in [1.54, 1.807) is 24.3 Å². The monoisotopic (exact) mass is 627 g/mol. The molecule has 0 atom stereocenters. The molecule has 2 aromatic heterocycles. The highest BCUT2D eigenvalue weighted by atomic mass is 19.1. The summed E-state index contributed by atoms with van der Waals surface area (Å²) < 4.78 is 35.7. The first-order valence-corrected chi connectivity index (χ1v) is 15.7. The Labute approximate surface area is 274 Å². The van der Waals surface area contributed by atoms with Crippen LogP contribution in [0.15, 0.2) is 146 Å². The van der Waals surface area contributed by atoms with Crippen LogP contribution in [0.5, 0.6) is 5.75 Å². The van der Waals surface area contributed by atoms with Crippen LogP contribution in [-0.2, 0) is 0 Å². The highest BCUT2D eigenvalue weighted by Crippen LogP contribution is 2.41. The Morgan fingerprint density at radius 1 is 0.417 bits per heavy atom. The van der Waals surface area contributed by atoms with E-state index in [9.17, 15) is 5.11 Å². The second-order valence-electron chi connectivity index (χ2n) is 12.0. The van der Waals surface area contributed by atoms with Crippen LogP contribution < -0.4 is 5.73 Å². The Morgan fingerprint density at radius 2 is 0.812 bits per heavy atom. The number of nitrogens with zero attached hydrogens (tertiary/aromatic N) is 2. The van der Waals surface area contributed by atoms with Crippen LogP contribution in [0.4, 0.5) is 14.5 Å². The molecule has 0 radical (unpaired) electrons. The maximum atomic E-state index is 15.8. The van der Waals surface area contributed by atoms with Crippen molar-refractivity contribution in [2.24, 2.45) is 0 Å². The van der Waals surface area contributed by atoms with Crippen LogP contribution >= 0.6 is 0 Å². The van der Waals surface area contributed by atoms with Crippen LogP contribution in [0.25, 0.3) is 77.2 Å². The molecule has 0 saturated heterocycles. The third-order valence-corrected chi connectivity index (χ3v) is 9.33. The fourth-order valence-corrected chi connectivity index (χ4v) is 7.16. The Bertz CT molecular complexity index is 2450. The van der Waals surface area contributed by atoms with E-state index in [-0.39, 0.29) is 22.4 Å². The molecule has 7 aromatic carbocycles. The van der Waals surface area contributed by atoms with Gasteiger partial charge in [0.15, 0.2) is 0 Å². The molecule has 0 aliphatic heterocycles. The number of benzene rings is 7. The molecule has 0 spiro atoms. The van der Waals surface area contributed by atoms with Crippen LogP contribution in [0.3, 0.4) is 0 Å². The van der Waals surface area contributed by atoms with Gasteiger partial charge >= 0.3 is 0 Å². The molecular weight excluding hydrogens is 600 g/mol. The Hall–Kier alpha value is -6.40. The molecule has 3 N–H and O–H groups in total. The topological polar surface area (TPSA) is 56.1 Å². The molecule has 0 amide bonds. The third kappa shape index (κ3) is 4.12. The lowest BCUT2D eigenvalue weighted by Crippen LogP contribution is -2.00. The lowest BCUT2D eigenvalue weighted by molar-refractivity contribution is 0.476. The molecule has 0 bridgehead atoms. The minimum absolute atomic E-state index is 0.0631. The molecule has 0 unspecified atom stereocenters. The number of fused-ring (bicyclic) bond motifs is 6. The predicted octanol–water partition coefficient (Wildman–Crippen LogP) is 10.8. The van der Waals surface area contributed by atoms with Gasteiger partial charge in [-0.1, -0.05) is 72.8 Å². The van der Waals surface area contributed by atoms with Gasteiger partial charge in [-0.05, 0) is 66.7 Å². The number of nitrogen functional groups attached to an aromatic ring is 1. The van der Waals surface area contributed by atoms with E-state index >= 15 is 8.78 Å². The summed E-state index contributed by atoms with van der Waals surface area (Å²) in [5, 5.41) is 15.5. The molecular formula is C42H27F2N3O. The van der Waals surface area contributed by atoms with Crippen molar-refractivity contribution in [1.82, 2.24) is 9.13 Å². The predicted molar refractivity (Wildman–Crippen MR) is 192 cm³/mol. The number of aromatic hydroxyl groups is 1. The van der Waals surface area contributed by atoms with Crippen molar-refractivity contribution in [2.45, 2.75) is 0 Å². The lowest BCUT2D eigenvalue weighted by atomic mass is 9.95. The molecule has 48 heavy (non-hydrogen) atoms. The third-order valence-electron chi connectivity index (χ3n) is 9.33. The van der Waals surface area contributed by atoms with Crippen molar-refractivity contribution >= 4 is 49.3 Å². The van der Waals surface area contributed by atoms with Crippen molar-refractivity contribution in [1.29, 1.82) is 0 Å². The summed E-state index contributed by atoms with van der Waals surface area (Å²) in [7, 11) is 0. The zero-order valence-electron chi connectivity index (χ0n) is 25.5. The average molecular weight is 628 g/mol. The number of rotatable bonds is 4. The summed E-state index contributed by atoms with van der Waals surface area (Å²) in [5.41, 5.74) is 13.2. The van der Waals surface area contributed by atoms with Crippen molar-refractivity contribution in [3.05, 3.63) is 157 Å². The van der Waals surface area contributed by atoms with Gasteiger partial charge in [0.1, 0.15) is 17.4 Å². The minimum atomic E-state index is -0.789. The summed E-state index contributed by atoms with van der Waals surface area (Å²) >= 11 is 0.